The van der Waals surface area contributed by atoms with Crippen molar-refractivity contribution in [3.05, 3.63) is 38.4 Å². The largest absolute Gasteiger partial charge is 0.478 e. The minimum atomic E-state index is -1.29. The molecular weight excluding hydrogens is 289 g/mol. The molecule has 0 saturated carbocycles. The van der Waals surface area contributed by atoms with E-state index >= 15 is 0 Å². The van der Waals surface area contributed by atoms with Gasteiger partial charge in [-0.25, -0.2) is 4.79 Å². The molecule has 0 spiro atoms. The lowest BCUT2D eigenvalue weighted by molar-refractivity contribution is -0.385. The lowest BCUT2D eigenvalue weighted by Gasteiger charge is -2.03. The van der Waals surface area contributed by atoms with Crippen LogP contribution < -0.4 is 0 Å². The monoisotopic (exact) mass is 293 g/mol. The molecule has 1 aromatic rings. The molecule has 0 aliphatic carbocycles. The number of nitro benzene ring substituents is 1. The van der Waals surface area contributed by atoms with Crippen molar-refractivity contribution >= 4 is 39.2 Å². The van der Waals surface area contributed by atoms with Crippen LogP contribution in [-0.2, 0) is 5.33 Å². The van der Waals surface area contributed by atoms with Gasteiger partial charge in [-0.3, -0.25) is 10.1 Å². The Kier molecular flexibility index (Phi) is 3.65. The summed E-state index contributed by atoms with van der Waals surface area (Å²) in [5.74, 6) is -1.29. The summed E-state index contributed by atoms with van der Waals surface area (Å²) < 4.78 is 0. The second kappa shape index (κ2) is 4.59. The zero-order chi connectivity index (χ0) is 11.6. The van der Waals surface area contributed by atoms with Crippen molar-refractivity contribution in [1.29, 1.82) is 0 Å². The molecule has 0 atom stereocenters. The quantitative estimate of drug-likeness (QED) is 0.528. The molecule has 80 valence electrons. The van der Waals surface area contributed by atoms with Gasteiger partial charge in [-0.15, -0.1) is 0 Å². The van der Waals surface area contributed by atoms with Gasteiger partial charge in [0, 0.05) is 17.0 Å². The van der Waals surface area contributed by atoms with E-state index < -0.39 is 10.9 Å². The molecule has 5 nitrogen and oxygen atoms in total. The number of hydrogen-bond donors (Lipinski definition) is 1. The Morgan fingerprint density at radius 1 is 1.60 bits per heavy atom. The molecule has 1 aromatic carbocycles. The summed E-state index contributed by atoms with van der Waals surface area (Å²) >= 11 is 8.72. The third kappa shape index (κ3) is 2.45. The molecule has 0 saturated heterocycles. The topological polar surface area (TPSA) is 80.4 Å². The van der Waals surface area contributed by atoms with Gasteiger partial charge in [-0.2, -0.15) is 0 Å². The second-order valence-corrected chi connectivity index (χ2v) is 3.62. The minimum absolute atomic E-state index is 0.0115. The van der Waals surface area contributed by atoms with Gasteiger partial charge in [-0.1, -0.05) is 27.5 Å². The number of aromatic carboxylic acids is 1. The van der Waals surface area contributed by atoms with Crippen LogP contribution in [0.4, 0.5) is 5.69 Å². The number of carboxylic acids is 1. The van der Waals surface area contributed by atoms with Crippen LogP contribution in [0.25, 0.3) is 0 Å². The number of carbonyl (C=O) groups is 1. The standard InChI is InChI=1S/C8H5BrClNO4/c9-3-4-1-6(10)5(8(12)13)2-7(4)11(14)15/h1-2H,3H2,(H,12,13). The summed E-state index contributed by atoms with van der Waals surface area (Å²) in [7, 11) is 0. The van der Waals surface area contributed by atoms with Crippen molar-refractivity contribution < 1.29 is 14.8 Å². The van der Waals surface area contributed by atoms with Crippen molar-refractivity contribution in [3.8, 4) is 0 Å². The van der Waals surface area contributed by atoms with Gasteiger partial charge in [0.1, 0.15) is 0 Å². The number of nitro groups is 1. The highest BCUT2D eigenvalue weighted by molar-refractivity contribution is 9.08. The highest BCUT2D eigenvalue weighted by Crippen LogP contribution is 2.28. The van der Waals surface area contributed by atoms with Gasteiger partial charge in [-0.05, 0) is 6.07 Å². The number of rotatable bonds is 3. The molecule has 0 fully saturated rings. The van der Waals surface area contributed by atoms with Crippen LogP contribution in [0.5, 0.6) is 0 Å². The first-order valence-electron chi connectivity index (χ1n) is 3.73. The SMILES string of the molecule is O=C(O)c1cc([N+](=O)[O-])c(CBr)cc1Cl. The Bertz CT molecular complexity index is 435. The van der Waals surface area contributed by atoms with Gasteiger partial charge >= 0.3 is 5.97 Å². The second-order valence-electron chi connectivity index (χ2n) is 2.66. The number of benzene rings is 1. The predicted octanol–water partition coefficient (Wildman–Crippen LogP) is 2.84. The summed E-state index contributed by atoms with van der Waals surface area (Å²) in [4.78, 5) is 20.7. The molecule has 0 heterocycles. The van der Waals surface area contributed by atoms with Crippen LogP contribution in [0.1, 0.15) is 15.9 Å². The average molecular weight is 294 g/mol. The smallest absolute Gasteiger partial charge is 0.337 e. The van der Waals surface area contributed by atoms with Crippen molar-refractivity contribution in [2.75, 3.05) is 0 Å². The molecule has 0 radical (unpaired) electrons. The van der Waals surface area contributed by atoms with Crippen molar-refractivity contribution in [1.82, 2.24) is 0 Å². The molecule has 1 N–H and O–H groups in total. The summed E-state index contributed by atoms with van der Waals surface area (Å²) in [6.45, 7) is 0. The number of halogens is 2. The van der Waals surface area contributed by atoms with Crippen LogP contribution in [-0.4, -0.2) is 16.0 Å². The Morgan fingerprint density at radius 3 is 2.60 bits per heavy atom. The van der Waals surface area contributed by atoms with Crippen molar-refractivity contribution in [3.63, 3.8) is 0 Å². The minimum Gasteiger partial charge on any atom is -0.478 e. The fourth-order valence-corrected chi connectivity index (χ4v) is 1.76. The predicted molar refractivity (Wildman–Crippen MR) is 57.7 cm³/mol. The highest BCUT2D eigenvalue weighted by atomic mass is 79.9. The van der Waals surface area contributed by atoms with E-state index in [1.165, 1.54) is 6.07 Å². The fraction of sp³-hybridized carbons (Fsp3) is 0.125. The van der Waals surface area contributed by atoms with E-state index in [9.17, 15) is 14.9 Å². The molecule has 0 unspecified atom stereocenters. The first-order chi connectivity index (χ1) is 6.97. The molecule has 0 bridgehead atoms. The van der Waals surface area contributed by atoms with E-state index in [-0.39, 0.29) is 21.6 Å². The molecular formula is C8H5BrClNO4. The van der Waals surface area contributed by atoms with Crippen LogP contribution in [0.3, 0.4) is 0 Å². The summed E-state index contributed by atoms with van der Waals surface area (Å²) in [6, 6.07) is 2.24. The molecule has 0 aliphatic rings. The van der Waals surface area contributed by atoms with E-state index in [1.54, 1.807) is 0 Å². The molecule has 7 heteroatoms. The van der Waals surface area contributed by atoms with E-state index in [0.29, 0.717) is 5.56 Å². The van der Waals surface area contributed by atoms with Crippen molar-refractivity contribution in [2.24, 2.45) is 0 Å². The maximum atomic E-state index is 10.7. The molecule has 1 rings (SSSR count). The lowest BCUT2D eigenvalue weighted by atomic mass is 10.1. The number of alkyl halides is 1. The van der Waals surface area contributed by atoms with Gasteiger partial charge in [0.05, 0.1) is 15.5 Å². The van der Waals surface area contributed by atoms with Gasteiger partial charge in [0.25, 0.3) is 5.69 Å². The number of nitrogens with zero attached hydrogens (tertiary/aromatic N) is 1. The number of carboxylic acid groups (broad SMARTS) is 1. The van der Waals surface area contributed by atoms with E-state index in [0.717, 1.165) is 6.07 Å². The Labute approximate surface area is 97.9 Å². The fourth-order valence-electron chi connectivity index (χ4n) is 1.04. The third-order valence-electron chi connectivity index (χ3n) is 1.74. The maximum Gasteiger partial charge on any atom is 0.337 e. The average Bonchev–Trinajstić information content (AvgIpc) is 2.16. The summed E-state index contributed by atoms with van der Waals surface area (Å²) in [6.07, 6.45) is 0. The lowest BCUT2D eigenvalue weighted by Crippen LogP contribution is -2.01. The summed E-state index contributed by atoms with van der Waals surface area (Å²) in [5, 5.41) is 19.6. The van der Waals surface area contributed by atoms with E-state index in [1.807, 2.05) is 0 Å². The van der Waals surface area contributed by atoms with Gasteiger partial charge < -0.3 is 5.11 Å². The Hall–Kier alpha value is -1.14. The van der Waals surface area contributed by atoms with E-state index in [4.69, 9.17) is 16.7 Å². The van der Waals surface area contributed by atoms with Crippen molar-refractivity contribution in [2.45, 2.75) is 5.33 Å². The summed E-state index contributed by atoms with van der Waals surface area (Å²) in [5.41, 5.74) is -0.184. The van der Waals surface area contributed by atoms with Crippen LogP contribution >= 0.6 is 27.5 Å². The first-order valence-corrected chi connectivity index (χ1v) is 5.23. The molecule has 15 heavy (non-hydrogen) atoms. The molecule has 0 aliphatic heterocycles. The van der Waals surface area contributed by atoms with Gasteiger partial charge in [0.2, 0.25) is 0 Å². The molecule has 0 aromatic heterocycles. The maximum absolute atomic E-state index is 10.7. The highest BCUT2D eigenvalue weighted by Gasteiger charge is 2.19. The van der Waals surface area contributed by atoms with Crippen LogP contribution in [0, 0.1) is 10.1 Å². The first kappa shape index (κ1) is 11.9. The zero-order valence-corrected chi connectivity index (χ0v) is 9.58. The third-order valence-corrected chi connectivity index (χ3v) is 2.66. The van der Waals surface area contributed by atoms with Crippen LogP contribution in [0.2, 0.25) is 5.02 Å². The number of hydrogen-bond acceptors (Lipinski definition) is 3. The molecule has 0 amide bonds. The zero-order valence-electron chi connectivity index (χ0n) is 7.24. The van der Waals surface area contributed by atoms with E-state index in [2.05, 4.69) is 15.9 Å². The Balaban J connectivity index is 3.43. The van der Waals surface area contributed by atoms with Gasteiger partial charge in [0.15, 0.2) is 0 Å². The normalized spacial score (nSPS) is 10.0. The van der Waals surface area contributed by atoms with Crippen LogP contribution in [0.15, 0.2) is 12.1 Å². The Morgan fingerprint density at radius 2 is 2.20 bits per heavy atom.